The maximum Gasteiger partial charge on any atom is 0.241 e. The van der Waals surface area contributed by atoms with Crippen molar-refractivity contribution >= 4 is 17.2 Å². The second-order valence-electron chi connectivity index (χ2n) is 4.55. The van der Waals surface area contributed by atoms with E-state index in [1.807, 2.05) is 13.8 Å². The van der Waals surface area contributed by atoms with Crippen LogP contribution < -0.4 is 5.32 Å². The summed E-state index contributed by atoms with van der Waals surface area (Å²) in [6.45, 7) is 3.89. The number of amides is 1. The molecule has 17 heavy (non-hydrogen) atoms. The van der Waals surface area contributed by atoms with Crippen LogP contribution in [0.25, 0.3) is 0 Å². The fourth-order valence-electron chi connectivity index (χ4n) is 1.89. The van der Waals surface area contributed by atoms with Crippen molar-refractivity contribution in [1.29, 1.82) is 5.26 Å². The van der Waals surface area contributed by atoms with Crippen LogP contribution in [0.1, 0.15) is 42.1 Å². The summed E-state index contributed by atoms with van der Waals surface area (Å²) in [5.74, 6) is -0.147. The highest BCUT2D eigenvalue weighted by Gasteiger charge is 2.45. The maximum absolute atomic E-state index is 12.0. The van der Waals surface area contributed by atoms with Gasteiger partial charge in [0.15, 0.2) is 0 Å². The molecule has 1 fully saturated rings. The monoisotopic (exact) mass is 249 g/mol. The van der Waals surface area contributed by atoms with Gasteiger partial charge in [-0.2, -0.15) is 5.26 Å². The van der Waals surface area contributed by atoms with Crippen LogP contribution in [-0.2, 0) is 4.79 Å². The fourth-order valence-corrected chi connectivity index (χ4v) is 2.67. The topological polar surface area (TPSA) is 65.8 Å². The highest BCUT2D eigenvalue weighted by atomic mass is 32.1. The lowest BCUT2D eigenvalue weighted by atomic mass is 9.69. The first kappa shape index (κ1) is 12.1. The number of nitriles is 1. The number of nitrogens with zero attached hydrogens (tertiary/aromatic N) is 2. The second-order valence-corrected chi connectivity index (χ2v) is 5.82. The molecule has 1 aromatic heterocycles. The van der Waals surface area contributed by atoms with E-state index in [1.54, 1.807) is 17.5 Å². The van der Waals surface area contributed by atoms with E-state index in [-0.39, 0.29) is 11.9 Å². The summed E-state index contributed by atoms with van der Waals surface area (Å²) in [5.41, 5.74) is -0.777. The van der Waals surface area contributed by atoms with Gasteiger partial charge in [0.1, 0.15) is 10.4 Å². The molecular formula is C12H15N3OS. The van der Waals surface area contributed by atoms with Gasteiger partial charge < -0.3 is 5.32 Å². The Bertz CT molecular complexity index is 470. The fraction of sp³-hybridized carbons (Fsp3) is 0.583. The van der Waals surface area contributed by atoms with E-state index < -0.39 is 5.41 Å². The van der Waals surface area contributed by atoms with E-state index >= 15 is 0 Å². The quantitative estimate of drug-likeness (QED) is 0.894. The molecule has 0 bridgehead atoms. The summed E-state index contributed by atoms with van der Waals surface area (Å²) in [4.78, 5) is 17.4. The average molecular weight is 249 g/mol. The predicted molar refractivity (Wildman–Crippen MR) is 65.3 cm³/mol. The van der Waals surface area contributed by atoms with Crippen molar-refractivity contribution in [2.24, 2.45) is 5.41 Å². The number of hydrogen-bond acceptors (Lipinski definition) is 4. The van der Waals surface area contributed by atoms with Gasteiger partial charge >= 0.3 is 0 Å². The SMILES string of the molecule is Cc1cnc(C(C)NC(=O)C2(C#N)CCC2)s1. The molecule has 5 heteroatoms. The number of rotatable bonds is 3. The first-order valence-electron chi connectivity index (χ1n) is 5.72. The summed E-state index contributed by atoms with van der Waals surface area (Å²) < 4.78 is 0. The highest BCUT2D eigenvalue weighted by Crippen LogP contribution is 2.40. The van der Waals surface area contributed by atoms with Crippen LogP contribution in [0.4, 0.5) is 0 Å². The van der Waals surface area contributed by atoms with E-state index in [9.17, 15) is 4.79 Å². The molecule has 90 valence electrons. The number of aryl methyl sites for hydroxylation is 1. The Labute approximate surface area is 105 Å². The van der Waals surface area contributed by atoms with Crippen molar-refractivity contribution in [3.05, 3.63) is 16.1 Å². The number of nitrogens with one attached hydrogen (secondary N) is 1. The summed E-state index contributed by atoms with van der Waals surface area (Å²) in [7, 11) is 0. The lowest BCUT2D eigenvalue weighted by molar-refractivity contribution is -0.132. The molecule has 1 N–H and O–H groups in total. The molecule has 1 aliphatic rings. The highest BCUT2D eigenvalue weighted by molar-refractivity contribution is 7.11. The van der Waals surface area contributed by atoms with Crippen molar-refractivity contribution in [3.8, 4) is 6.07 Å². The Morgan fingerprint density at radius 3 is 2.82 bits per heavy atom. The van der Waals surface area contributed by atoms with Crippen molar-refractivity contribution < 1.29 is 4.79 Å². The summed E-state index contributed by atoms with van der Waals surface area (Å²) in [6, 6.07) is 2.03. The Morgan fingerprint density at radius 1 is 1.71 bits per heavy atom. The van der Waals surface area contributed by atoms with Gasteiger partial charge in [-0.05, 0) is 33.1 Å². The number of carbonyl (C=O) groups is 1. The third-order valence-corrected chi connectivity index (χ3v) is 4.31. The molecular weight excluding hydrogens is 234 g/mol. The van der Waals surface area contributed by atoms with Gasteiger partial charge in [-0.25, -0.2) is 4.98 Å². The standard InChI is InChI=1S/C12H15N3OS/c1-8-6-14-10(17-8)9(2)15-11(16)12(7-13)4-3-5-12/h6,9H,3-5H2,1-2H3,(H,15,16). The summed E-state index contributed by atoms with van der Waals surface area (Å²) in [5, 5.41) is 12.9. The molecule has 1 saturated carbocycles. The lowest BCUT2D eigenvalue weighted by Crippen LogP contribution is -2.45. The molecule has 1 atom stereocenters. The Balaban J connectivity index is 2.02. The molecule has 0 saturated heterocycles. The van der Waals surface area contributed by atoms with Crippen molar-refractivity contribution in [2.75, 3.05) is 0 Å². The molecule has 0 spiro atoms. The Kier molecular flexibility index (Phi) is 3.16. The Hall–Kier alpha value is -1.41. The van der Waals surface area contributed by atoms with Crippen LogP contribution in [0.15, 0.2) is 6.20 Å². The molecule has 1 unspecified atom stereocenters. The van der Waals surface area contributed by atoms with Crippen LogP contribution in [0.3, 0.4) is 0 Å². The lowest BCUT2D eigenvalue weighted by Gasteiger charge is -2.34. The molecule has 1 aromatic rings. The number of carbonyl (C=O) groups excluding carboxylic acids is 1. The molecule has 1 amide bonds. The summed E-state index contributed by atoms with van der Waals surface area (Å²) >= 11 is 1.57. The van der Waals surface area contributed by atoms with Crippen molar-refractivity contribution in [2.45, 2.75) is 39.2 Å². The van der Waals surface area contributed by atoms with E-state index in [2.05, 4.69) is 16.4 Å². The first-order valence-corrected chi connectivity index (χ1v) is 6.53. The molecule has 1 heterocycles. The minimum atomic E-state index is -0.777. The van der Waals surface area contributed by atoms with Gasteiger partial charge in [0.25, 0.3) is 0 Å². The predicted octanol–water partition coefficient (Wildman–Crippen LogP) is 2.32. The third kappa shape index (κ3) is 2.18. The Morgan fingerprint density at radius 2 is 2.41 bits per heavy atom. The molecule has 2 rings (SSSR count). The zero-order valence-corrected chi connectivity index (χ0v) is 10.8. The van der Waals surface area contributed by atoms with Crippen molar-refractivity contribution in [3.63, 3.8) is 0 Å². The molecule has 0 aromatic carbocycles. The van der Waals surface area contributed by atoms with Gasteiger partial charge in [-0.1, -0.05) is 0 Å². The van der Waals surface area contributed by atoms with Gasteiger partial charge in [0, 0.05) is 11.1 Å². The first-order chi connectivity index (χ1) is 8.07. The number of hydrogen-bond donors (Lipinski definition) is 1. The smallest absolute Gasteiger partial charge is 0.241 e. The van der Waals surface area contributed by atoms with Gasteiger partial charge in [0.2, 0.25) is 5.91 Å². The maximum atomic E-state index is 12.0. The van der Waals surface area contributed by atoms with E-state index in [1.165, 1.54) is 0 Å². The van der Waals surface area contributed by atoms with Gasteiger partial charge in [-0.15, -0.1) is 11.3 Å². The molecule has 4 nitrogen and oxygen atoms in total. The van der Waals surface area contributed by atoms with Crippen LogP contribution in [0.5, 0.6) is 0 Å². The average Bonchev–Trinajstić information content (AvgIpc) is 2.64. The van der Waals surface area contributed by atoms with Crippen molar-refractivity contribution in [1.82, 2.24) is 10.3 Å². The largest absolute Gasteiger partial charge is 0.346 e. The van der Waals surface area contributed by atoms with Gasteiger partial charge in [0.05, 0.1) is 12.1 Å². The number of aromatic nitrogens is 1. The molecule has 0 aliphatic heterocycles. The zero-order valence-electron chi connectivity index (χ0n) is 9.99. The van der Waals surface area contributed by atoms with Crippen LogP contribution in [-0.4, -0.2) is 10.9 Å². The number of thiazole rings is 1. The third-order valence-electron chi connectivity index (χ3n) is 3.21. The van der Waals surface area contributed by atoms with Crippen LogP contribution >= 0.6 is 11.3 Å². The van der Waals surface area contributed by atoms with E-state index in [0.717, 1.165) is 16.3 Å². The van der Waals surface area contributed by atoms with Crippen LogP contribution in [0, 0.1) is 23.7 Å². The van der Waals surface area contributed by atoms with E-state index in [4.69, 9.17) is 5.26 Å². The normalized spacial score (nSPS) is 18.9. The van der Waals surface area contributed by atoms with Crippen LogP contribution in [0.2, 0.25) is 0 Å². The second kappa shape index (κ2) is 4.46. The van der Waals surface area contributed by atoms with Gasteiger partial charge in [-0.3, -0.25) is 4.79 Å². The summed E-state index contributed by atoms with van der Waals surface area (Å²) in [6.07, 6.45) is 4.12. The van der Waals surface area contributed by atoms with E-state index in [0.29, 0.717) is 12.8 Å². The zero-order chi connectivity index (χ0) is 12.5. The molecule has 0 radical (unpaired) electrons. The molecule has 1 aliphatic carbocycles. The minimum Gasteiger partial charge on any atom is -0.346 e. The minimum absolute atomic E-state index is 0.118.